The third-order valence-corrected chi connectivity index (χ3v) is 5.80. The molecule has 8 heteroatoms. The molecule has 0 aromatic heterocycles. The van der Waals surface area contributed by atoms with E-state index in [0.717, 1.165) is 9.13 Å². The minimum absolute atomic E-state index is 0.0909. The number of anilines is 1. The van der Waals surface area contributed by atoms with Crippen molar-refractivity contribution < 1.29 is 13.9 Å². The van der Waals surface area contributed by atoms with Crippen molar-refractivity contribution in [2.45, 2.75) is 6.61 Å². The average Bonchev–Trinajstić information content (AvgIpc) is 2.75. The fourth-order valence-electron chi connectivity index (χ4n) is 2.57. The molecule has 0 unspecified atom stereocenters. The number of hydrogen-bond acceptors (Lipinski definition) is 3. The fourth-order valence-corrected chi connectivity index (χ4v) is 3.61. The zero-order chi connectivity index (χ0) is 22.4. The second kappa shape index (κ2) is 10.6. The summed E-state index contributed by atoms with van der Waals surface area (Å²) in [7, 11) is 0. The number of nitrogens with zero attached hydrogens (tertiary/aromatic N) is 1. The van der Waals surface area contributed by atoms with Crippen LogP contribution in [0.15, 0.2) is 66.2 Å². The maximum Gasteiger partial charge on any atom is 0.266 e. The summed E-state index contributed by atoms with van der Waals surface area (Å²) < 4.78 is 19.6. The summed E-state index contributed by atoms with van der Waals surface area (Å²) in [6.45, 7) is 0.289. The maximum absolute atomic E-state index is 13.0. The smallest absolute Gasteiger partial charge is 0.266 e. The molecule has 1 N–H and O–H groups in total. The number of benzene rings is 3. The Hall–Kier alpha value is -2.60. The third-order valence-electron chi connectivity index (χ3n) is 4.14. The summed E-state index contributed by atoms with van der Waals surface area (Å²) in [4.78, 5) is 12.5. The summed E-state index contributed by atoms with van der Waals surface area (Å²) in [6.07, 6.45) is 1.47. The number of nitrogens with one attached hydrogen (secondary N) is 1. The minimum Gasteiger partial charge on any atom is -0.488 e. The highest BCUT2D eigenvalue weighted by atomic mass is 127. The average molecular weight is 567 g/mol. The van der Waals surface area contributed by atoms with Crippen LogP contribution in [0.2, 0.25) is 10.0 Å². The second-order valence-electron chi connectivity index (χ2n) is 6.33. The number of ether oxygens (including phenoxy) is 1. The molecule has 1 amide bonds. The van der Waals surface area contributed by atoms with Crippen molar-refractivity contribution in [3.05, 3.63) is 96.8 Å². The van der Waals surface area contributed by atoms with E-state index in [9.17, 15) is 14.4 Å². The van der Waals surface area contributed by atoms with Crippen LogP contribution in [0.1, 0.15) is 11.1 Å². The molecule has 0 heterocycles. The van der Waals surface area contributed by atoms with Crippen LogP contribution in [-0.4, -0.2) is 5.91 Å². The Labute approximate surface area is 202 Å². The van der Waals surface area contributed by atoms with Gasteiger partial charge in [-0.15, -0.1) is 0 Å². The molecule has 0 radical (unpaired) electrons. The van der Waals surface area contributed by atoms with Gasteiger partial charge in [0.2, 0.25) is 0 Å². The standard InChI is InChI=1S/C23H14Cl2FIN2O2/c24-18-2-1-3-20(22(18)25)29-23(30)16(12-28)10-15-6-9-21(19(27)11-15)31-13-14-4-7-17(26)8-5-14/h1-11H,13H2,(H,29,30)/b16-10-. The molecule has 0 aliphatic heterocycles. The Kier molecular flexibility index (Phi) is 7.91. The fraction of sp³-hybridized carbons (Fsp3) is 0.0435. The Bertz CT molecular complexity index is 1190. The van der Waals surface area contributed by atoms with E-state index in [4.69, 9.17) is 27.9 Å². The van der Waals surface area contributed by atoms with Gasteiger partial charge >= 0.3 is 0 Å². The van der Waals surface area contributed by atoms with Crippen LogP contribution < -0.4 is 10.1 Å². The van der Waals surface area contributed by atoms with Crippen LogP contribution in [0.3, 0.4) is 0 Å². The molecule has 3 aromatic carbocycles. The van der Waals surface area contributed by atoms with E-state index >= 15 is 0 Å². The van der Waals surface area contributed by atoms with Crippen LogP contribution >= 0.6 is 45.8 Å². The molecule has 0 bridgehead atoms. The first-order valence-corrected chi connectivity index (χ1v) is 10.7. The zero-order valence-corrected chi connectivity index (χ0v) is 19.5. The van der Waals surface area contributed by atoms with Crippen molar-refractivity contribution in [3.63, 3.8) is 0 Å². The molecular weight excluding hydrogens is 553 g/mol. The van der Waals surface area contributed by atoms with E-state index in [1.807, 2.05) is 6.07 Å². The van der Waals surface area contributed by atoms with Gasteiger partial charge in [-0.3, -0.25) is 4.79 Å². The number of carbonyl (C=O) groups is 1. The summed E-state index contributed by atoms with van der Waals surface area (Å²) in [6, 6.07) is 18.1. The Morgan fingerprint density at radius 3 is 2.58 bits per heavy atom. The van der Waals surface area contributed by atoms with Crippen LogP contribution in [0, 0.1) is 20.7 Å². The van der Waals surface area contributed by atoms with E-state index in [-0.39, 0.29) is 23.0 Å². The number of amides is 1. The third kappa shape index (κ3) is 6.20. The number of nitriles is 1. The van der Waals surface area contributed by atoms with E-state index in [1.54, 1.807) is 48.5 Å². The molecule has 4 nitrogen and oxygen atoms in total. The van der Waals surface area contributed by atoms with Gasteiger partial charge in [0.1, 0.15) is 29.8 Å². The summed E-state index contributed by atoms with van der Waals surface area (Å²) in [5, 5.41) is 12.5. The Morgan fingerprint density at radius 1 is 1.16 bits per heavy atom. The number of halogens is 4. The maximum atomic E-state index is 13.0. The molecule has 0 atom stereocenters. The van der Waals surface area contributed by atoms with E-state index in [0.29, 0.717) is 22.0 Å². The van der Waals surface area contributed by atoms with E-state index in [1.165, 1.54) is 18.2 Å². The summed E-state index contributed by atoms with van der Waals surface area (Å²) in [5.41, 5.74) is 1.72. The van der Waals surface area contributed by atoms with Crippen LogP contribution in [-0.2, 0) is 11.4 Å². The number of carbonyl (C=O) groups excluding carboxylic acids is 1. The van der Waals surface area contributed by atoms with E-state index in [2.05, 4.69) is 27.9 Å². The second-order valence-corrected chi connectivity index (χ2v) is 8.28. The van der Waals surface area contributed by atoms with Crippen molar-refractivity contribution in [1.29, 1.82) is 5.26 Å². The Balaban J connectivity index is 1.72. The normalized spacial score (nSPS) is 11.0. The molecule has 0 aliphatic carbocycles. The van der Waals surface area contributed by atoms with Crippen LogP contribution in [0.5, 0.6) is 5.75 Å². The lowest BCUT2D eigenvalue weighted by atomic mass is 10.1. The van der Waals surface area contributed by atoms with Gasteiger partial charge in [-0.25, -0.2) is 4.39 Å². The highest BCUT2D eigenvalue weighted by Gasteiger charge is 2.13. The lowest BCUT2D eigenvalue weighted by Crippen LogP contribution is -2.13. The molecule has 0 saturated carbocycles. The predicted octanol–water partition coefficient (Wildman–Crippen LogP) is 6.86. The Morgan fingerprint density at radius 2 is 1.90 bits per heavy atom. The van der Waals surface area contributed by atoms with Gasteiger partial charge < -0.3 is 10.1 Å². The lowest BCUT2D eigenvalue weighted by molar-refractivity contribution is -0.112. The van der Waals surface area contributed by atoms with Gasteiger partial charge in [0, 0.05) is 0 Å². The topological polar surface area (TPSA) is 62.1 Å². The molecule has 31 heavy (non-hydrogen) atoms. The zero-order valence-electron chi connectivity index (χ0n) is 15.8. The van der Waals surface area contributed by atoms with Gasteiger partial charge in [-0.1, -0.05) is 47.5 Å². The molecular formula is C23H14Cl2FIN2O2. The highest BCUT2D eigenvalue weighted by molar-refractivity contribution is 14.1. The highest BCUT2D eigenvalue weighted by Crippen LogP contribution is 2.30. The van der Waals surface area contributed by atoms with Gasteiger partial charge in [0.05, 0.1) is 19.3 Å². The monoisotopic (exact) mass is 566 g/mol. The quantitative estimate of drug-likeness (QED) is 0.201. The lowest BCUT2D eigenvalue weighted by Gasteiger charge is -2.10. The van der Waals surface area contributed by atoms with E-state index < -0.39 is 5.91 Å². The first-order valence-electron chi connectivity index (χ1n) is 8.91. The van der Waals surface area contributed by atoms with Gasteiger partial charge in [-0.05, 0) is 76.2 Å². The van der Waals surface area contributed by atoms with Crippen molar-refractivity contribution in [2.75, 3.05) is 5.32 Å². The first-order chi connectivity index (χ1) is 14.9. The first kappa shape index (κ1) is 23.1. The SMILES string of the molecule is N#C/C(=C/c1ccc(OCc2ccc(F)cc2)c(I)c1)C(=O)Nc1cccc(Cl)c1Cl. The van der Waals surface area contributed by atoms with Crippen LogP contribution in [0.4, 0.5) is 10.1 Å². The van der Waals surface area contributed by atoms with Gasteiger partial charge in [0.15, 0.2) is 0 Å². The molecule has 3 aromatic rings. The predicted molar refractivity (Wildman–Crippen MR) is 129 cm³/mol. The molecule has 0 aliphatic rings. The summed E-state index contributed by atoms with van der Waals surface area (Å²) >= 11 is 14.1. The molecule has 3 rings (SSSR count). The molecule has 0 saturated heterocycles. The van der Waals surface area contributed by atoms with Crippen LogP contribution in [0.25, 0.3) is 6.08 Å². The van der Waals surface area contributed by atoms with Crippen molar-refractivity contribution in [1.82, 2.24) is 0 Å². The molecule has 156 valence electrons. The van der Waals surface area contributed by atoms with Crippen molar-refractivity contribution in [2.24, 2.45) is 0 Å². The van der Waals surface area contributed by atoms with Crippen molar-refractivity contribution in [3.8, 4) is 11.8 Å². The number of rotatable bonds is 6. The van der Waals surface area contributed by atoms with Gasteiger partial charge in [-0.2, -0.15) is 5.26 Å². The molecule has 0 fully saturated rings. The number of hydrogen-bond donors (Lipinski definition) is 1. The van der Waals surface area contributed by atoms with Gasteiger partial charge in [0.25, 0.3) is 5.91 Å². The van der Waals surface area contributed by atoms with Crippen molar-refractivity contribution >= 4 is 63.5 Å². The molecule has 0 spiro atoms. The minimum atomic E-state index is -0.599. The largest absolute Gasteiger partial charge is 0.488 e. The summed E-state index contributed by atoms with van der Waals surface area (Å²) in [5.74, 6) is -0.265.